The summed E-state index contributed by atoms with van der Waals surface area (Å²) in [6, 6.07) is 0. The van der Waals surface area contributed by atoms with Crippen molar-refractivity contribution in [3.63, 3.8) is 0 Å². The molecule has 0 unspecified atom stereocenters. The topological polar surface area (TPSA) is 49.4 Å². The molecule has 2 bridgehead atoms. The van der Waals surface area contributed by atoms with E-state index in [0.29, 0.717) is 6.54 Å². The fourth-order valence-electron chi connectivity index (χ4n) is 5.12. The maximum atomic E-state index is 13.1. The number of carbonyl (C=O) groups is 2. The molecular weight excluding hydrogens is 356 g/mol. The van der Waals surface area contributed by atoms with Gasteiger partial charge >= 0.3 is 0 Å². The van der Waals surface area contributed by atoms with Crippen LogP contribution >= 0.6 is 15.9 Å². The van der Waals surface area contributed by atoms with Gasteiger partial charge in [0.25, 0.3) is 0 Å². The van der Waals surface area contributed by atoms with E-state index >= 15 is 0 Å². The second-order valence-corrected chi connectivity index (χ2v) is 9.23. The van der Waals surface area contributed by atoms with Crippen LogP contribution in [0.5, 0.6) is 0 Å². The van der Waals surface area contributed by atoms with E-state index in [1.165, 1.54) is 19.3 Å². The molecule has 1 heterocycles. The first-order valence-corrected chi connectivity index (χ1v) is 9.88. The van der Waals surface area contributed by atoms with E-state index in [-0.39, 0.29) is 27.3 Å². The third-order valence-electron chi connectivity index (χ3n) is 7.29. The highest BCUT2D eigenvalue weighted by molar-refractivity contribution is 9.10. The van der Waals surface area contributed by atoms with E-state index in [0.717, 1.165) is 32.5 Å². The molecule has 1 amide bonds. The Balaban J connectivity index is 1.67. The average Bonchev–Trinajstić information content (AvgIpc) is 2.80. The molecule has 3 rings (SSSR count). The second kappa shape index (κ2) is 5.83. The van der Waals surface area contributed by atoms with E-state index < -0.39 is 5.41 Å². The van der Waals surface area contributed by atoms with Gasteiger partial charge in [-0.1, -0.05) is 43.1 Å². The van der Waals surface area contributed by atoms with E-state index in [4.69, 9.17) is 0 Å². The van der Waals surface area contributed by atoms with Crippen molar-refractivity contribution < 1.29 is 9.59 Å². The van der Waals surface area contributed by atoms with Crippen LogP contribution < -0.4 is 5.32 Å². The maximum absolute atomic E-state index is 13.1. The number of hydrogen-bond acceptors (Lipinski definition) is 3. The Bertz CT molecular complexity index is 515. The first-order valence-electron chi connectivity index (χ1n) is 8.96. The molecule has 0 spiro atoms. The predicted octanol–water partition coefficient (Wildman–Crippen LogP) is 2.75. The summed E-state index contributed by atoms with van der Waals surface area (Å²) in [6.45, 7) is 10.1. The number of alkyl halides is 1. The Labute approximate surface area is 147 Å². The van der Waals surface area contributed by atoms with E-state index in [1.807, 2.05) is 6.92 Å². The molecule has 130 valence electrons. The minimum absolute atomic E-state index is 0.0657. The first kappa shape index (κ1) is 17.4. The number of fused-ring (bicyclic) bond motifs is 2. The number of carbonyl (C=O) groups excluding carboxylic acids is 2. The number of amides is 1. The fraction of sp³-hybridized carbons (Fsp3) is 0.889. The van der Waals surface area contributed by atoms with Crippen molar-refractivity contribution in [2.75, 3.05) is 26.2 Å². The molecule has 2 saturated carbocycles. The highest BCUT2D eigenvalue weighted by atomic mass is 79.9. The highest BCUT2D eigenvalue weighted by Gasteiger charge is 2.76. The van der Waals surface area contributed by atoms with Crippen molar-refractivity contribution >= 4 is 27.6 Å². The molecule has 0 aromatic heterocycles. The summed E-state index contributed by atoms with van der Waals surface area (Å²) in [7, 11) is 0. The minimum Gasteiger partial charge on any atom is -0.354 e. The summed E-state index contributed by atoms with van der Waals surface area (Å²) >= 11 is 3.58. The number of nitrogens with zero attached hydrogens (tertiary/aromatic N) is 1. The van der Waals surface area contributed by atoms with Crippen LogP contribution in [0.25, 0.3) is 0 Å². The molecular formula is C18H29BrN2O2. The summed E-state index contributed by atoms with van der Waals surface area (Å²) in [5, 5.41) is 3.15. The zero-order valence-corrected chi connectivity index (χ0v) is 16.2. The predicted molar refractivity (Wildman–Crippen MR) is 94.6 cm³/mol. The van der Waals surface area contributed by atoms with E-state index in [2.05, 4.69) is 40.0 Å². The first-order chi connectivity index (χ1) is 10.8. The van der Waals surface area contributed by atoms with Gasteiger partial charge in [0.05, 0.1) is 10.2 Å². The van der Waals surface area contributed by atoms with Crippen molar-refractivity contribution in [2.45, 2.75) is 57.7 Å². The van der Waals surface area contributed by atoms with Gasteiger partial charge in [0.2, 0.25) is 5.91 Å². The summed E-state index contributed by atoms with van der Waals surface area (Å²) in [5.41, 5.74) is -1.29. The Morgan fingerprint density at radius 2 is 1.87 bits per heavy atom. The summed E-state index contributed by atoms with van der Waals surface area (Å²) < 4.78 is 0. The van der Waals surface area contributed by atoms with Crippen LogP contribution in [0.1, 0.15) is 52.9 Å². The molecule has 0 radical (unpaired) electrons. The molecule has 1 N–H and O–H groups in total. The van der Waals surface area contributed by atoms with Gasteiger partial charge in [0.1, 0.15) is 0 Å². The Morgan fingerprint density at radius 1 is 1.22 bits per heavy atom. The molecule has 5 heteroatoms. The molecule has 0 aromatic rings. The molecule has 4 nitrogen and oxygen atoms in total. The van der Waals surface area contributed by atoms with Crippen LogP contribution in [0, 0.1) is 16.2 Å². The van der Waals surface area contributed by atoms with Crippen LogP contribution in [-0.2, 0) is 9.59 Å². The third-order valence-corrected chi connectivity index (χ3v) is 8.49. The molecule has 0 aromatic carbocycles. The van der Waals surface area contributed by atoms with Crippen LogP contribution in [0.4, 0.5) is 0 Å². The lowest BCUT2D eigenvalue weighted by atomic mass is 9.64. The van der Waals surface area contributed by atoms with Gasteiger partial charge in [-0.3, -0.25) is 9.59 Å². The number of ketones is 1. The smallest absolute Gasteiger partial charge is 0.228 e. The lowest BCUT2D eigenvalue weighted by Crippen LogP contribution is -2.52. The molecule has 3 fully saturated rings. The molecule has 3 atom stereocenters. The fourth-order valence-corrected chi connectivity index (χ4v) is 6.64. The number of piperidine rings is 1. The molecule has 1 aliphatic heterocycles. The SMILES string of the molecule is CC1(C)[C@]2(C(=O)NCCN3CCCCC3)CC[C@]1(C)C(=O)[C@H]2Br. The zero-order chi connectivity index (χ0) is 16.9. The van der Waals surface area contributed by atoms with Gasteiger partial charge < -0.3 is 10.2 Å². The zero-order valence-electron chi connectivity index (χ0n) is 14.6. The second-order valence-electron chi connectivity index (χ2n) is 8.31. The van der Waals surface area contributed by atoms with Crippen LogP contribution in [0.15, 0.2) is 0 Å². The van der Waals surface area contributed by atoms with Gasteiger partial charge in [0, 0.05) is 18.5 Å². The number of halogens is 1. The quantitative estimate of drug-likeness (QED) is 0.758. The maximum Gasteiger partial charge on any atom is 0.228 e. The average molecular weight is 385 g/mol. The molecule has 23 heavy (non-hydrogen) atoms. The van der Waals surface area contributed by atoms with Gasteiger partial charge in [-0.2, -0.15) is 0 Å². The van der Waals surface area contributed by atoms with Gasteiger partial charge in [-0.15, -0.1) is 0 Å². The van der Waals surface area contributed by atoms with E-state index in [9.17, 15) is 9.59 Å². The summed E-state index contributed by atoms with van der Waals surface area (Å²) in [6.07, 6.45) is 5.47. The number of likely N-dealkylation sites (tertiary alicyclic amines) is 1. The Hall–Kier alpha value is -0.420. The van der Waals surface area contributed by atoms with E-state index in [1.54, 1.807) is 0 Å². The normalized spacial score (nSPS) is 39.7. The van der Waals surface area contributed by atoms with Crippen molar-refractivity contribution in [3.05, 3.63) is 0 Å². The molecule has 2 aliphatic carbocycles. The molecule has 3 aliphatic rings. The number of rotatable bonds is 4. The summed E-state index contributed by atoms with van der Waals surface area (Å²) in [4.78, 5) is 27.8. The van der Waals surface area contributed by atoms with Gasteiger partial charge in [-0.05, 0) is 44.2 Å². The largest absolute Gasteiger partial charge is 0.354 e. The lowest BCUT2D eigenvalue weighted by molar-refractivity contribution is -0.136. The third kappa shape index (κ3) is 2.25. The Kier molecular flexibility index (Phi) is 4.41. The lowest BCUT2D eigenvalue weighted by Gasteiger charge is -2.39. The van der Waals surface area contributed by atoms with Crippen molar-refractivity contribution in [2.24, 2.45) is 16.2 Å². The van der Waals surface area contributed by atoms with Crippen LogP contribution in [0.2, 0.25) is 0 Å². The van der Waals surface area contributed by atoms with Gasteiger partial charge in [-0.25, -0.2) is 0 Å². The van der Waals surface area contributed by atoms with Crippen LogP contribution in [-0.4, -0.2) is 47.6 Å². The molecule has 1 saturated heterocycles. The van der Waals surface area contributed by atoms with Crippen molar-refractivity contribution in [3.8, 4) is 0 Å². The standard InChI is InChI=1S/C18H29BrN2O2/c1-16(2)17(3)7-8-18(16,13(19)14(17)22)15(23)20-9-12-21-10-5-4-6-11-21/h13H,4-12H2,1-3H3,(H,20,23)/t13-,17-,18-/m1/s1. The Morgan fingerprint density at radius 3 is 2.43 bits per heavy atom. The minimum atomic E-state index is -0.596. The monoisotopic (exact) mass is 384 g/mol. The number of Topliss-reactive ketones (excluding diaryl/α,β-unsaturated/α-hetero) is 1. The number of nitrogens with one attached hydrogen (secondary N) is 1. The summed E-state index contributed by atoms with van der Waals surface area (Å²) in [5.74, 6) is 0.274. The highest BCUT2D eigenvalue weighted by Crippen LogP contribution is 2.72. The van der Waals surface area contributed by atoms with Gasteiger partial charge in [0.15, 0.2) is 5.78 Å². The van der Waals surface area contributed by atoms with Crippen molar-refractivity contribution in [1.29, 1.82) is 0 Å². The van der Waals surface area contributed by atoms with Crippen LogP contribution in [0.3, 0.4) is 0 Å². The number of hydrogen-bond donors (Lipinski definition) is 1. The van der Waals surface area contributed by atoms with Crippen molar-refractivity contribution in [1.82, 2.24) is 10.2 Å².